The van der Waals surface area contributed by atoms with Gasteiger partial charge in [0.2, 0.25) is 0 Å². The van der Waals surface area contributed by atoms with Crippen LogP contribution < -0.4 is 5.32 Å². The van der Waals surface area contributed by atoms with Crippen LogP contribution in [0.2, 0.25) is 0 Å². The van der Waals surface area contributed by atoms with E-state index in [0.29, 0.717) is 24.4 Å². The summed E-state index contributed by atoms with van der Waals surface area (Å²) in [7, 11) is 0. The predicted octanol–water partition coefficient (Wildman–Crippen LogP) is 0.749. The van der Waals surface area contributed by atoms with Crippen LogP contribution >= 0.6 is 0 Å². The number of hydrogen-bond donors (Lipinski definition) is 1. The fourth-order valence-electron chi connectivity index (χ4n) is 3.14. The van der Waals surface area contributed by atoms with Crippen LogP contribution in [0.25, 0.3) is 0 Å². The monoisotopic (exact) mass is 328 g/mol. The molecule has 1 saturated carbocycles. The number of fused-ring (bicyclic) bond motifs is 1. The Labute approximate surface area is 140 Å². The molecule has 24 heavy (non-hydrogen) atoms. The smallest absolute Gasteiger partial charge is 0.269 e. The van der Waals surface area contributed by atoms with Crippen molar-refractivity contribution in [2.24, 2.45) is 11.1 Å². The maximum atomic E-state index is 12.6. The fourth-order valence-corrected chi connectivity index (χ4v) is 3.14. The number of carbonyl (C=O) groups excluding carboxylic acids is 2. The number of rotatable bonds is 4. The van der Waals surface area contributed by atoms with E-state index >= 15 is 0 Å². The minimum absolute atomic E-state index is 0.0786. The summed E-state index contributed by atoms with van der Waals surface area (Å²) in [5.74, 6) is -0.381. The quantitative estimate of drug-likeness (QED) is 0.884. The Balaban J connectivity index is 1.43. The molecule has 3 heterocycles. The molecule has 0 unspecified atom stereocenters. The molecular formula is C17H20N4O3. The third-order valence-corrected chi connectivity index (χ3v) is 4.77. The molecule has 0 spiro atoms. The number of nitrogens with zero attached hydrogens (tertiary/aromatic N) is 3. The summed E-state index contributed by atoms with van der Waals surface area (Å²) in [5.41, 5.74) is 1.94. The first-order valence-corrected chi connectivity index (χ1v) is 8.44. The zero-order chi connectivity index (χ0) is 16.7. The van der Waals surface area contributed by atoms with Crippen LogP contribution in [0.4, 0.5) is 0 Å². The normalized spacial score (nSPS) is 25.0. The van der Waals surface area contributed by atoms with Crippen LogP contribution in [0.1, 0.15) is 35.8 Å². The zero-order valence-corrected chi connectivity index (χ0v) is 13.6. The number of hydrogen-bond acceptors (Lipinski definition) is 5. The molecule has 0 radical (unpaired) electrons. The van der Waals surface area contributed by atoms with E-state index in [9.17, 15) is 9.59 Å². The number of aromatic nitrogens is 1. The Morgan fingerprint density at radius 1 is 1.33 bits per heavy atom. The van der Waals surface area contributed by atoms with E-state index in [-0.39, 0.29) is 29.9 Å². The standard InChI is InChI=1S/C17H20N4O3/c1-2-11-4-3-10(7-18-11)17(23)21-8-13-14(9-21)24-20-15(13)16(22)19-12-5-6-12/h3-4,7,12-14H,2,5-6,8-9H2,1H3,(H,19,22)/t13-,14+/m0/s1. The number of amides is 2. The van der Waals surface area contributed by atoms with Gasteiger partial charge in [-0.2, -0.15) is 0 Å². The van der Waals surface area contributed by atoms with E-state index in [1.807, 2.05) is 13.0 Å². The Hall–Kier alpha value is -2.44. The SMILES string of the molecule is CCc1ccc(C(=O)N2C[C@@H]3C(C(=O)NC4CC4)=NO[C@@H]3C2)cn1. The van der Waals surface area contributed by atoms with Gasteiger partial charge in [-0.15, -0.1) is 0 Å². The molecule has 0 bridgehead atoms. The van der Waals surface area contributed by atoms with Gasteiger partial charge in [0.1, 0.15) is 0 Å². The highest BCUT2D eigenvalue weighted by Crippen LogP contribution is 2.29. The Morgan fingerprint density at radius 3 is 2.83 bits per heavy atom. The largest absolute Gasteiger partial charge is 0.389 e. The maximum Gasteiger partial charge on any atom is 0.269 e. The van der Waals surface area contributed by atoms with E-state index < -0.39 is 0 Å². The van der Waals surface area contributed by atoms with Crippen molar-refractivity contribution in [2.45, 2.75) is 38.3 Å². The molecule has 4 rings (SSSR count). The highest BCUT2D eigenvalue weighted by atomic mass is 16.6. The molecule has 126 valence electrons. The van der Waals surface area contributed by atoms with Crippen LogP contribution in [0.3, 0.4) is 0 Å². The van der Waals surface area contributed by atoms with Crippen LogP contribution in [0, 0.1) is 5.92 Å². The van der Waals surface area contributed by atoms with Gasteiger partial charge in [0.15, 0.2) is 11.8 Å². The average Bonchev–Trinajstić information content (AvgIpc) is 3.17. The molecule has 0 aromatic carbocycles. The Bertz CT molecular complexity index is 696. The zero-order valence-electron chi connectivity index (χ0n) is 13.6. The predicted molar refractivity (Wildman–Crippen MR) is 86.5 cm³/mol. The van der Waals surface area contributed by atoms with E-state index in [4.69, 9.17) is 4.84 Å². The lowest BCUT2D eigenvalue weighted by molar-refractivity contribution is -0.115. The Morgan fingerprint density at radius 2 is 2.17 bits per heavy atom. The molecule has 2 atom stereocenters. The van der Waals surface area contributed by atoms with Crippen molar-refractivity contribution in [1.82, 2.24) is 15.2 Å². The second-order valence-electron chi connectivity index (χ2n) is 6.58. The fraction of sp³-hybridized carbons (Fsp3) is 0.529. The van der Waals surface area contributed by atoms with Gasteiger partial charge in [-0.3, -0.25) is 14.6 Å². The number of pyridine rings is 1. The third-order valence-electron chi connectivity index (χ3n) is 4.77. The highest BCUT2D eigenvalue weighted by Gasteiger charge is 2.46. The van der Waals surface area contributed by atoms with E-state index in [1.54, 1.807) is 17.2 Å². The lowest BCUT2D eigenvalue weighted by Gasteiger charge is -2.16. The van der Waals surface area contributed by atoms with Crippen molar-refractivity contribution in [3.63, 3.8) is 0 Å². The van der Waals surface area contributed by atoms with Gasteiger partial charge in [-0.1, -0.05) is 12.1 Å². The van der Waals surface area contributed by atoms with Crippen molar-refractivity contribution in [3.8, 4) is 0 Å². The molecule has 7 heteroatoms. The molecule has 1 saturated heterocycles. The molecule has 2 aliphatic heterocycles. The van der Waals surface area contributed by atoms with Crippen molar-refractivity contribution in [2.75, 3.05) is 13.1 Å². The highest BCUT2D eigenvalue weighted by molar-refractivity contribution is 6.40. The number of aryl methyl sites for hydroxylation is 1. The molecular weight excluding hydrogens is 308 g/mol. The third kappa shape index (κ3) is 2.74. The number of likely N-dealkylation sites (tertiary alicyclic amines) is 1. The van der Waals surface area contributed by atoms with Crippen molar-refractivity contribution in [3.05, 3.63) is 29.6 Å². The van der Waals surface area contributed by atoms with Crippen LogP contribution in [-0.4, -0.2) is 52.6 Å². The Kier molecular flexibility index (Phi) is 3.70. The molecule has 7 nitrogen and oxygen atoms in total. The van der Waals surface area contributed by atoms with Gasteiger partial charge in [-0.25, -0.2) is 0 Å². The maximum absolute atomic E-state index is 12.6. The summed E-state index contributed by atoms with van der Waals surface area (Å²) >= 11 is 0. The van der Waals surface area contributed by atoms with Crippen LogP contribution in [-0.2, 0) is 16.1 Å². The summed E-state index contributed by atoms with van der Waals surface area (Å²) in [5, 5.41) is 6.88. The van der Waals surface area contributed by atoms with Gasteiger partial charge in [-0.05, 0) is 31.4 Å². The first kappa shape index (κ1) is 15.1. The van der Waals surface area contributed by atoms with Gasteiger partial charge < -0.3 is 15.1 Å². The lowest BCUT2D eigenvalue weighted by atomic mass is 10.0. The molecule has 2 fully saturated rings. The minimum Gasteiger partial charge on any atom is -0.389 e. The van der Waals surface area contributed by atoms with Crippen molar-refractivity contribution in [1.29, 1.82) is 0 Å². The van der Waals surface area contributed by atoms with Crippen LogP contribution in [0.15, 0.2) is 23.5 Å². The van der Waals surface area contributed by atoms with Crippen molar-refractivity contribution >= 4 is 17.5 Å². The van der Waals surface area contributed by atoms with Crippen molar-refractivity contribution < 1.29 is 14.4 Å². The summed E-state index contributed by atoms with van der Waals surface area (Å²) in [4.78, 5) is 36.2. The number of oxime groups is 1. The molecule has 1 N–H and O–H groups in total. The second kappa shape index (κ2) is 5.89. The first-order chi connectivity index (χ1) is 11.7. The molecule has 2 amide bonds. The topological polar surface area (TPSA) is 83.9 Å². The summed E-state index contributed by atoms with van der Waals surface area (Å²) < 4.78 is 0. The van der Waals surface area contributed by atoms with Crippen LogP contribution in [0.5, 0.6) is 0 Å². The van der Waals surface area contributed by atoms with Gasteiger partial charge in [0, 0.05) is 24.5 Å². The minimum atomic E-state index is -0.225. The number of carbonyl (C=O) groups is 2. The summed E-state index contributed by atoms with van der Waals surface area (Å²) in [6, 6.07) is 3.95. The average molecular weight is 328 g/mol. The molecule has 1 aliphatic carbocycles. The van der Waals surface area contributed by atoms with E-state index in [0.717, 1.165) is 25.0 Å². The van der Waals surface area contributed by atoms with E-state index in [2.05, 4.69) is 15.5 Å². The van der Waals surface area contributed by atoms with Gasteiger partial charge in [0.25, 0.3) is 11.8 Å². The van der Waals surface area contributed by atoms with Gasteiger partial charge in [0.05, 0.1) is 18.0 Å². The van der Waals surface area contributed by atoms with E-state index in [1.165, 1.54) is 0 Å². The summed E-state index contributed by atoms with van der Waals surface area (Å²) in [6.07, 6.45) is 4.28. The second-order valence-corrected chi connectivity index (χ2v) is 6.58. The molecule has 1 aromatic rings. The van der Waals surface area contributed by atoms with Gasteiger partial charge >= 0.3 is 0 Å². The number of nitrogens with one attached hydrogen (secondary N) is 1. The first-order valence-electron chi connectivity index (χ1n) is 8.44. The molecule has 1 aromatic heterocycles. The lowest BCUT2D eigenvalue weighted by Crippen LogP contribution is -2.38. The summed E-state index contributed by atoms with van der Waals surface area (Å²) in [6.45, 7) is 2.93. The molecule has 3 aliphatic rings.